The lowest BCUT2D eigenvalue weighted by molar-refractivity contribution is -0.125. The summed E-state index contributed by atoms with van der Waals surface area (Å²) in [7, 11) is 0. The van der Waals surface area contributed by atoms with Crippen LogP contribution in [0.5, 0.6) is 0 Å². The number of nitrogens with one attached hydrogen (secondary N) is 1. The Kier molecular flexibility index (Phi) is 5.28. The van der Waals surface area contributed by atoms with E-state index in [9.17, 15) is 4.79 Å². The number of aromatic nitrogens is 1. The molecule has 0 bridgehead atoms. The SMILES string of the molecule is CCC(CC)(CN)C(=O)Nc1ccnc(-c2ccccc2)c1. The number of anilines is 1. The number of carbonyl (C=O) groups excluding carboxylic acids is 1. The summed E-state index contributed by atoms with van der Waals surface area (Å²) in [5, 5.41) is 2.99. The fourth-order valence-corrected chi connectivity index (χ4v) is 2.49. The van der Waals surface area contributed by atoms with Gasteiger partial charge in [-0.25, -0.2) is 0 Å². The minimum atomic E-state index is -0.504. The molecule has 0 radical (unpaired) electrons. The molecule has 0 atom stereocenters. The van der Waals surface area contributed by atoms with Crippen LogP contribution in [0.25, 0.3) is 11.3 Å². The highest BCUT2D eigenvalue weighted by atomic mass is 16.2. The van der Waals surface area contributed by atoms with Crippen LogP contribution in [-0.2, 0) is 4.79 Å². The Bertz CT molecular complexity index is 613. The molecule has 1 aromatic heterocycles. The highest BCUT2D eigenvalue weighted by Crippen LogP contribution is 2.27. The fourth-order valence-electron chi connectivity index (χ4n) is 2.49. The Balaban J connectivity index is 2.22. The van der Waals surface area contributed by atoms with E-state index in [-0.39, 0.29) is 5.91 Å². The largest absolute Gasteiger partial charge is 0.329 e. The van der Waals surface area contributed by atoms with Crippen LogP contribution in [0.15, 0.2) is 48.7 Å². The van der Waals surface area contributed by atoms with Crippen molar-refractivity contribution in [3.63, 3.8) is 0 Å². The van der Waals surface area contributed by atoms with E-state index in [1.54, 1.807) is 12.3 Å². The molecule has 1 aromatic carbocycles. The van der Waals surface area contributed by atoms with Gasteiger partial charge >= 0.3 is 0 Å². The van der Waals surface area contributed by atoms with Crippen molar-refractivity contribution in [2.24, 2.45) is 11.1 Å². The normalized spacial score (nSPS) is 11.2. The third-order valence-electron chi connectivity index (χ3n) is 4.31. The van der Waals surface area contributed by atoms with Crippen LogP contribution in [0.4, 0.5) is 5.69 Å². The maximum absolute atomic E-state index is 12.6. The number of amides is 1. The fraction of sp³-hybridized carbons (Fsp3) is 0.333. The van der Waals surface area contributed by atoms with Crippen molar-refractivity contribution in [2.45, 2.75) is 26.7 Å². The van der Waals surface area contributed by atoms with E-state index in [2.05, 4.69) is 10.3 Å². The number of rotatable bonds is 6. The quantitative estimate of drug-likeness (QED) is 0.858. The van der Waals surface area contributed by atoms with Crippen molar-refractivity contribution < 1.29 is 4.79 Å². The van der Waals surface area contributed by atoms with E-state index < -0.39 is 5.41 Å². The van der Waals surface area contributed by atoms with Gasteiger partial charge < -0.3 is 11.1 Å². The molecule has 0 aliphatic carbocycles. The molecule has 1 amide bonds. The Morgan fingerprint density at radius 3 is 2.45 bits per heavy atom. The lowest BCUT2D eigenvalue weighted by atomic mass is 9.81. The van der Waals surface area contributed by atoms with Gasteiger partial charge in [0, 0.05) is 24.0 Å². The zero-order valence-electron chi connectivity index (χ0n) is 13.2. The average molecular weight is 297 g/mol. The third-order valence-corrected chi connectivity index (χ3v) is 4.31. The van der Waals surface area contributed by atoms with Crippen LogP contribution in [0.3, 0.4) is 0 Å². The Hall–Kier alpha value is -2.20. The molecule has 0 unspecified atom stereocenters. The highest BCUT2D eigenvalue weighted by molar-refractivity contribution is 5.95. The number of hydrogen-bond donors (Lipinski definition) is 2. The van der Waals surface area contributed by atoms with Gasteiger partial charge in [-0.3, -0.25) is 9.78 Å². The van der Waals surface area contributed by atoms with Crippen LogP contribution in [0, 0.1) is 5.41 Å². The smallest absolute Gasteiger partial charge is 0.231 e. The summed E-state index contributed by atoms with van der Waals surface area (Å²) in [5.74, 6) is -0.0230. The molecule has 0 saturated carbocycles. The summed E-state index contributed by atoms with van der Waals surface area (Å²) in [4.78, 5) is 16.9. The second-order valence-electron chi connectivity index (χ2n) is 5.44. The maximum atomic E-state index is 12.6. The first-order valence-electron chi connectivity index (χ1n) is 7.68. The molecular weight excluding hydrogens is 274 g/mol. The molecule has 0 spiro atoms. The van der Waals surface area contributed by atoms with Crippen LogP contribution < -0.4 is 11.1 Å². The van der Waals surface area contributed by atoms with E-state index in [1.807, 2.05) is 50.2 Å². The minimum absolute atomic E-state index is 0.0230. The average Bonchev–Trinajstić information content (AvgIpc) is 2.58. The summed E-state index contributed by atoms with van der Waals surface area (Å²) >= 11 is 0. The second kappa shape index (κ2) is 7.18. The maximum Gasteiger partial charge on any atom is 0.231 e. The molecule has 3 N–H and O–H groups in total. The molecule has 1 heterocycles. The van der Waals surface area contributed by atoms with Crippen molar-refractivity contribution in [3.8, 4) is 11.3 Å². The van der Waals surface area contributed by atoms with Crippen molar-refractivity contribution in [2.75, 3.05) is 11.9 Å². The van der Waals surface area contributed by atoms with Crippen LogP contribution in [0.1, 0.15) is 26.7 Å². The molecule has 22 heavy (non-hydrogen) atoms. The van der Waals surface area contributed by atoms with E-state index in [4.69, 9.17) is 5.73 Å². The number of nitrogens with zero attached hydrogens (tertiary/aromatic N) is 1. The van der Waals surface area contributed by atoms with Gasteiger partial charge in [-0.15, -0.1) is 0 Å². The van der Waals surface area contributed by atoms with Gasteiger partial charge in [0.25, 0.3) is 0 Å². The first-order chi connectivity index (χ1) is 10.6. The van der Waals surface area contributed by atoms with Crippen molar-refractivity contribution in [3.05, 3.63) is 48.7 Å². The Morgan fingerprint density at radius 1 is 1.18 bits per heavy atom. The van der Waals surface area contributed by atoms with Gasteiger partial charge in [-0.1, -0.05) is 44.2 Å². The summed E-state index contributed by atoms with van der Waals surface area (Å²) in [5.41, 5.74) is 7.94. The van der Waals surface area contributed by atoms with Gasteiger partial charge in [0.1, 0.15) is 0 Å². The Labute approximate surface area is 131 Å². The standard InChI is InChI=1S/C18H23N3O/c1-3-18(4-2,13-19)17(22)21-15-10-11-20-16(12-15)14-8-6-5-7-9-14/h5-12H,3-4,13,19H2,1-2H3,(H,20,21,22). The van der Waals surface area contributed by atoms with Crippen molar-refractivity contribution >= 4 is 11.6 Å². The summed E-state index contributed by atoms with van der Waals surface area (Å²) in [6, 6.07) is 13.6. The number of pyridine rings is 1. The minimum Gasteiger partial charge on any atom is -0.329 e. The van der Waals surface area contributed by atoms with Crippen LogP contribution >= 0.6 is 0 Å². The van der Waals surface area contributed by atoms with Gasteiger partial charge in [0.05, 0.1) is 11.1 Å². The number of benzene rings is 1. The molecule has 2 rings (SSSR count). The van der Waals surface area contributed by atoms with E-state index in [0.717, 1.165) is 29.8 Å². The van der Waals surface area contributed by atoms with Crippen LogP contribution in [0.2, 0.25) is 0 Å². The molecule has 4 nitrogen and oxygen atoms in total. The molecule has 116 valence electrons. The molecule has 2 aromatic rings. The van der Waals surface area contributed by atoms with Crippen molar-refractivity contribution in [1.29, 1.82) is 0 Å². The van der Waals surface area contributed by atoms with E-state index >= 15 is 0 Å². The van der Waals surface area contributed by atoms with Gasteiger partial charge in [-0.2, -0.15) is 0 Å². The molecule has 0 aliphatic heterocycles. The zero-order chi connectivity index (χ0) is 16.0. The van der Waals surface area contributed by atoms with Gasteiger partial charge in [-0.05, 0) is 25.0 Å². The lowest BCUT2D eigenvalue weighted by Crippen LogP contribution is -2.41. The first kappa shape index (κ1) is 16.2. The predicted molar refractivity (Wildman–Crippen MR) is 90.4 cm³/mol. The zero-order valence-corrected chi connectivity index (χ0v) is 13.2. The first-order valence-corrected chi connectivity index (χ1v) is 7.68. The highest BCUT2D eigenvalue weighted by Gasteiger charge is 2.33. The molecule has 0 saturated heterocycles. The monoisotopic (exact) mass is 297 g/mol. The number of carbonyl (C=O) groups is 1. The number of nitrogens with two attached hydrogens (primary N) is 1. The molecular formula is C18H23N3O. The lowest BCUT2D eigenvalue weighted by Gasteiger charge is -2.28. The van der Waals surface area contributed by atoms with Crippen LogP contribution in [-0.4, -0.2) is 17.4 Å². The summed E-state index contributed by atoms with van der Waals surface area (Å²) < 4.78 is 0. The number of hydrogen-bond acceptors (Lipinski definition) is 3. The predicted octanol–water partition coefficient (Wildman–Crippen LogP) is 3.45. The Morgan fingerprint density at radius 2 is 1.86 bits per heavy atom. The topological polar surface area (TPSA) is 68.0 Å². The van der Waals surface area contributed by atoms with E-state index in [1.165, 1.54) is 0 Å². The molecule has 4 heteroatoms. The van der Waals surface area contributed by atoms with Crippen molar-refractivity contribution in [1.82, 2.24) is 4.98 Å². The van der Waals surface area contributed by atoms with E-state index in [0.29, 0.717) is 6.54 Å². The molecule has 0 fully saturated rings. The summed E-state index contributed by atoms with van der Waals surface area (Å²) in [6.07, 6.45) is 3.16. The second-order valence-corrected chi connectivity index (χ2v) is 5.44. The van der Waals surface area contributed by atoms with Gasteiger partial charge in [0.2, 0.25) is 5.91 Å². The molecule has 0 aliphatic rings. The summed E-state index contributed by atoms with van der Waals surface area (Å²) in [6.45, 7) is 4.35. The third kappa shape index (κ3) is 3.34. The van der Waals surface area contributed by atoms with Gasteiger partial charge in [0.15, 0.2) is 0 Å².